The van der Waals surface area contributed by atoms with E-state index in [4.69, 9.17) is 15.4 Å². The van der Waals surface area contributed by atoms with Gasteiger partial charge in [-0.05, 0) is 40.5 Å². The van der Waals surface area contributed by atoms with Crippen LogP contribution in [-0.2, 0) is 18.6 Å². The van der Waals surface area contributed by atoms with Gasteiger partial charge in [0.05, 0.1) is 24.1 Å². The Hall–Kier alpha value is -1.12. The predicted molar refractivity (Wildman–Crippen MR) is 90.3 cm³/mol. The number of esters is 1. The van der Waals surface area contributed by atoms with Crippen molar-refractivity contribution in [2.24, 2.45) is 5.92 Å². The number of amides is 1. The van der Waals surface area contributed by atoms with Crippen LogP contribution in [0.3, 0.4) is 0 Å². The summed E-state index contributed by atoms with van der Waals surface area (Å²) in [7, 11) is 2.91. The quantitative estimate of drug-likeness (QED) is 0.548. The summed E-state index contributed by atoms with van der Waals surface area (Å²) in [6.45, 7) is 2.00. The molecule has 126 valence electrons. The fourth-order valence-corrected chi connectivity index (χ4v) is 4.50. The van der Waals surface area contributed by atoms with Gasteiger partial charge in [-0.25, -0.2) is 13.2 Å². The first-order valence-corrected chi connectivity index (χ1v) is 10.0. The number of nitrogens with zero attached hydrogens (tertiary/aromatic N) is 1. The minimum atomic E-state index is -3.66. The average Bonchev–Trinajstić information content (AvgIpc) is 2.79. The van der Waals surface area contributed by atoms with Crippen molar-refractivity contribution in [2.75, 3.05) is 24.3 Å². The van der Waals surface area contributed by atoms with E-state index in [0.717, 1.165) is 0 Å². The summed E-state index contributed by atoms with van der Waals surface area (Å²) in [4.78, 5) is 25.4. The van der Waals surface area contributed by atoms with Gasteiger partial charge < -0.3 is 9.64 Å². The molecule has 1 aliphatic heterocycles. The molecule has 2 rings (SSSR count). The SMILES string of the molecule is COC(=O)c1ccc(N2CC(CS(=O)(=O)Cl)CC2=O)c(Br)c1C. The fourth-order valence-electron chi connectivity index (χ4n) is 2.62. The summed E-state index contributed by atoms with van der Waals surface area (Å²) in [6, 6.07) is 3.22. The number of halogens is 2. The van der Waals surface area contributed by atoms with Gasteiger partial charge in [0.2, 0.25) is 15.0 Å². The summed E-state index contributed by atoms with van der Waals surface area (Å²) < 4.78 is 27.7. The first-order valence-electron chi connectivity index (χ1n) is 6.74. The Labute approximate surface area is 147 Å². The summed E-state index contributed by atoms with van der Waals surface area (Å²) in [5, 5.41) is 0. The van der Waals surface area contributed by atoms with Crippen molar-refractivity contribution in [1.82, 2.24) is 0 Å². The molecule has 0 bridgehead atoms. The summed E-state index contributed by atoms with van der Waals surface area (Å²) in [5.41, 5.74) is 1.64. The van der Waals surface area contributed by atoms with E-state index in [1.165, 1.54) is 12.0 Å². The fraction of sp³-hybridized carbons (Fsp3) is 0.429. The molecule has 1 aliphatic rings. The molecule has 1 atom stereocenters. The molecule has 9 heteroatoms. The Morgan fingerprint density at radius 3 is 2.70 bits per heavy atom. The lowest BCUT2D eigenvalue weighted by molar-refractivity contribution is -0.117. The second-order valence-corrected chi connectivity index (χ2v) is 8.96. The van der Waals surface area contributed by atoms with E-state index >= 15 is 0 Å². The van der Waals surface area contributed by atoms with Crippen LogP contribution in [0.25, 0.3) is 0 Å². The van der Waals surface area contributed by atoms with Crippen molar-refractivity contribution < 1.29 is 22.7 Å². The van der Waals surface area contributed by atoms with Gasteiger partial charge in [0.15, 0.2) is 0 Å². The van der Waals surface area contributed by atoms with Crippen LogP contribution < -0.4 is 4.90 Å². The molecule has 0 spiro atoms. The van der Waals surface area contributed by atoms with E-state index in [2.05, 4.69) is 15.9 Å². The van der Waals surface area contributed by atoms with Gasteiger partial charge in [-0.3, -0.25) is 4.79 Å². The largest absolute Gasteiger partial charge is 0.465 e. The molecule has 1 amide bonds. The van der Waals surface area contributed by atoms with Crippen LogP contribution in [0.1, 0.15) is 22.3 Å². The van der Waals surface area contributed by atoms with Crippen LogP contribution in [-0.4, -0.2) is 39.7 Å². The molecule has 0 saturated carbocycles. The number of anilines is 1. The van der Waals surface area contributed by atoms with Gasteiger partial charge in [-0.15, -0.1) is 0 Å². The van der Waals surface area contributed by atoms with Gasteiger partial charge in [0.25, 0.3) is 0 Å². The summed E-state index contributed by atoms with van der Waals surface area (Å²) in [6.07, 6.45) is 0.121. The molecule has 0 radical (unpaired) electrons. The van der Waals surface area contributed by atoms with Crippen molar-refractivity contribution in [2.45, 2.75) is 13.3 Å². The lowest BCUT2D eigenvalue weighted by Gasteiger charge is -2.20. The third-order valence-electron chi connectivity index (χ3n) is 3.70. The topological polar surface area (TPSA) is 80.8 Å². The number of benzene rings is 1. The zero-order valence-corrected chi connectivity index (χ0v) is 15.7. The number of hydrogen-bond acceptors (Lipinski definition) is 5. The molecule has 1 aromatic carbocycles. The van der Waals surface area contributed by atoms with E-state index in [1.807, 2.05) is 0 Å². The lowest BCUT2D eigenvalue weighted by Crippen LogP contribution is -2.26. The maximum atomic E-state index is 12.2. The van der Waals surface area contributed by atoms with Crippen molar-refractivity contribution in [3.05, 3.63) is 27.7 Å². The van der Waals surface area contributed by atoms with E-state index in [-0.39, 0.29) is 30.5 Å². The van der Waals surface area contributed by atoms with Crippen molar-refractivity contribution in [3.63, 3.8) is 0 Å². The lowest BCUT2D eigenvalue weighted by atomic mass is 10.1. The maximum Gasteiger partial charge on any atom is 0.338 e. The molecule has 1 fully saturated rings. The van der Waals surface area contributed by atoms with Gasteiger partial charge >= 0.3 is 5.97 Å². The maximum absolute atomic E-state index is 12.2. The van der Waals surface area contributed by atoms with Crippen LogP contribution in [0, 0.1) is 12.8 Å². The third-order valence-corrected chi connectivity index (χ3v) is 5.95. The number of methoxy groups -OCH3 is 1. The highest BCUT2D eigenvalue weighted by Gasteiger charge is 2.34. The summed E-state index contributed by atoms with van der Waals surface area (Å²) in [5.74, 6) is -1.24. The summed E-state index contributed by atoms with van der Waals surface area (Å²) >= 11 is 3.40. The van der Waals surface area contributed by atoms with Crippen molar-refractivity contribution in [1.29, 1.82) is 0 Å². The van der Waals surface area contributed by atoms with Crippen molar-refractivity contribution >= 4 is 53.2 Å². The van der Waals surface area contributed by atoms with Gasteiger partial charge in [0.1, 0.15) is 0 Å². The minimum Gasteiger partial charge on any atom is -0.465 e. The second kappa shape index (κ2) is 6.78. The van der Waals surface area contributed by atoms with Crippen LogP contribution in [0.4, 0.5) is 5.69 Å². The number of carbonyl (C=O) groups is 2. The third kappa shape index (κ3) is 4.05. The molecule has 1 aromatic rings. The van der Waals surface area contributed by atoms with Gasteiger partial charge in [-0.2, -0.15) is 0 Å². The molecule has 0 N–H and O–H groups in total. The van der Waals surface area contributed by atoms with E-state index < -0.39 is 15.0 Å². The predicted octanol–water partition coefficient (Wildman–Crippen LogP) is 2.47. The number of rotatable bonds is 4. The van der Waals surface area contributed by atoms with Crippen LogP contribution in [0.5, 0.6) is 0 Å². The molecule has 0 aliphatic carbocycles. The molecule has 1 saturated heterocycles. The Morgan fingerprint density at radius 2 is 2.13 bits per heavy atom. The highest BCUT2D eigenvalue weighted by atomic mass is 79.9. The normalized spacial score (nSPS) is 18.3. The highest BCUT2D eigenvalue weighted by Crippen LogP contribution is 2.35. The highest BCUT2D eigenvalue weighted by molar-refractivity contribution is 9.10. The molecule has 1 heterocycles. The van der Waals surface area contributed by atoms with Crippen LogP contribution in [0.2, 0.25) is 0 Å². The Morgan fingerprint density at radius 1 is 1.48 bits per heavy atom. The molecule has 0 aromatic heterocycles. The van der Waals surface area contributed by atoms with Gasteiger partial charge in [-0.1, -0.05) is 0 Å². The van der Waals surface area contributed by atoms with Crippen LogP contribution in [0.15, 0.2) is 16.6 Å². The zero-order chi connectivity index (χ0) is 17.4. The molecular formula is C14H15BrClNO5S. The standard InChI is InChI=1S/C14H15BrClNO5S/c1-8-10(14(19)22-2)3-4-11(13(8)15)17-6-9(5-12(17)18)7-23(16,20)21/h3-4,9H,5-7H2,1-2H3. The van der Waals surface area contributed by atoms with E-state index in [0.29, 0.717) is 21.3 Å². The Balaban J connectivity index is 2.31. The Bertz CT molecular complexity index is 765. The van der Waals surface area contributed by atoms with Gasteiger partial charge in [0, 0.05) is 34.0 Å². The molecule has 23 heavy (non-hydrogen) atoms. The van der Waals surface area contributed by atoms with Crippen molar-refractivity contribution in [3.8, 4) is 0 Å². The van der Waals surface area contributed by atoms with E-state index in [1.54, 1.807) is 19.1 Å². The first-order chi connectivity index (χ1) is 10.6. The minimum absolute atomic E-state index is 0.121. The number of hydrogen-bond donors (Lipinski definition) is 0. The Kier molecular flexibility index (Phi) is 5.37. The molecular weight excluding hydrogens is 410 g/mol. The first kappa shape index (κ1) is 18.2. The molecule has 6 nitrogen and oxygen atoms in total. The number of ether oxygens (including phenoxy) is 1. The zero-order valence-electron chi connectivity index (χ0n) is 12.5. The van der Waals surface area contributed by atoms with Crippen LogP contribution >= 0.6 is 26.6 Å². The number of carbonyl (C=O) groups excluding carboxylic acids is 2. The monoisotopic (exact) mass is 423 g/mol. The van der Waals surface area contributed by atoms with E-state index in [9.17, 15) is 18.0 Å². The average molecular weight is 425 g/mol. The second-order valence-electron chi connectivity index (χ2n) is 5.34. The molecule has 1 unspecified atom stereocenters. The smallest absolute Gasteiger partial charge is 0.338 e.